The molecule has 0 bridgehead atoms. The highest BCUT2D eigenvalue weighted by Crippen LogP contribution is 2.11. The number of carboxylic acid groups (broad SMARTS) is 1. The lowest BCUT2D eigenvalue weighted by molar-refractivity contribution is -0.138. The molecule has 0 radical (unpaired) electrons. The highest BCUT2D eigenvalue weighted by Gasteiger charge is 2.14. The first-order valence-corrected chi connectivity index (χ1v) is 4.04. The van der Waals surface area contributed by atoms with Crippen molar-refractivity contribution in [3.63, 3.8) is 0 Å². The van der Waals surface area contributed by atoms with E-state index in [0.717, 1.165) is 0 Å². The van der Waals surface area contributed by atoms with Gasteiger partial charge in [-0.3, -0.25) is 4.79 Å². The maximum atomic E-state index is 10.3. The van der Waals surface area contributed by atoms with E-state index in [-0.39, 0.29) is 18.4 Å². The van der Waals surface area contributed by atoms with Gasteiger partial charge in [0.05, 0.1) is 6.10 Å². The van der Waals surface area contributed by atoms with E-state index < -0.39 is 5.97 Å². The number of hydrogen-bond donors (Lipinski definition) is 2. The zero-order valence-electron chi connectivity index (χ0n) is 7.62. The van der Waals surface area contributed by atoms with Gasteiger partial charge in [-0.15, -0.1) is 0 Å². The standard InChI is InChI=1S/C8H17NO3/c1-6(12-2)3-7(5-9)4-8(10)11/h6-7H,3-5,9H2,1-2H3,(H,10,11)/t6-,7-/m0/s1. The number of carbonyl (C=O) groups is 1. The Morgan fingerprint density at radius 1 is 1.67 bits per heavy atom. The molecule has 0 aliphatic heterocycles. The van der Waals surface area contributed by atoms with Crippen molar-refractivity contribution < 1.29 is 14.6 Å². The third-order valence-electron chi connectivity index (χ3n) is 1.86. The Morgan fingerprint density at radius 3 is 2.58 bits per heavy atom. The summed E-state index contributed by atoms with van der Waals surface area (Å²) in [6, 6.07) is 0. The third-order valence-corrected chi connectivity index (χ3v) is 1.86. The van der Waals surface area contributed by atoms with E-state index in [9.17, 15) is 4.79 Å². The number of carboxylic acids is 1. The molecule has 0 saturated carbocycles. The predicted molar refractivity (Wildman–Crippen MR) is 45.9 cm³/mol. The van der Waals surface area contributed by atoms with Crippen LogP contribution >= 0.6 is 0 Å². The van der Waals surface area contributed by atoms with E-state index in [1.165, 1.54) is 0 Å². The minimum atomic E-state index is -0.797. The molecular weight excluding hydrogens is 158 g/mol. The molecule has 0 saturated heterocycles. The minimum Gasteiger partial charge on any atom is -0.481 e. The molecule has 0 aromatic carbocycles. The number of hydrogen-bond acceptors (Lipinski definition) is 3. The zero-order chi connectivity index (χ0) is 9.56. The minimum absolute atomic E-state index is 0.0254. The van der Waals surface area contributed by atoms with Crippen molar-refractivity contribution in [2.45, 2.75) is 25.9 Å². The van der Waals surface area contributed by atoms with E-state index in [1.54, 1.807) is 7.11 Å². The van der Waals surface area contributed by atoms with Crippen LogP contribution in [-0.4, -0.2) is 30.8 Å². The fourth-order valence-electron chi connectivity index (χ4n) is 1.08. The van der Waals surface area contributed by atoms with Gasteiger partial charge >= 0.3 is 5.97 Å². The van der Waals surface area contributed by atoms with Crippen LogP contribution in [0.1, 0.15) is 19.8 Å². The van der Waals surface area contributed by atoms with E-state index in [2.05, 4.69) is 0 Å². The first-order chi connectivity index (χ1) is 5.60. The second-order valence-electron chi connectivity index (χ2n) is 2.98. The van der Waals surface area contributed by atoms with Crippen LogP contribution in [0.15, 0.2) is 0 Å². The average Bonchev–Trinajstić information content (AvgIpc) is 2.02. The summed E-state index contributed by atoms with van der Waals surface area (Å²) in [7, 11) is 1.61. The summed E-state index contributed by atoms with van der Waals surface area (Å²) in [6.45, 7) is 2.31. The summed E-state index contributed by atoms with van der Waals surface area (Å²) in [4.78, 5) is 10.3. The van der Waals surface area contributed by atoms with Gasteiger partial charge in [-0.05, 0) is 25.8 Å². The fraction of sp³-hybridized carbons (Fsp3) is 0.875. The van der Waals surface area contributed by atoms with Crippen molar-refractivity contribution in [1.82, 2.24) is 0 Å². The monoisotopic (exact) mass is 175 g/mol. The lowest BCUT2D eigenvalue weighted by atomic mass is 9.99. The van der Waals surface area contributed by atoms with Crippen LogP contribution in [0.2, 0.25) is 0 Å². The third kappa shape index (κ3) is 5.09. The number of rotatable bonds is 6. The van der Waals surface area contributed by atoms with Gasteiger partial charge in [0.15, 0.2) is 0 Å². The summed E-state index contributed by atoms with van der Waals surface area (Å²) in [6.07, 6.45) is 0.918. The van der Waals surface area contributed by atoms with Crippen LogP contribution in [0.3, 0.4) is 0 Å². The number of ether oxygens (including phenoxy) is 1. The molecule has 0 fully saturated rings. The summed E-state index contributed by atoms with van der Waals surface area (Å²) in [5.41, 5.74) is 5.41. The summed E-state index contributed by atoms with van der Waals surface area (Å²) >= 11 is 0. The smallest absolute Gasteiger partial charge is 0.303 e. The van der Waals surface area contributed by atoms with Gasteiger partial charge < -0.3 is 15.6 Å². The molecule has 12 heavy (non-hydrogen) atoms. The van der Waals surface area contributed by atoms with E-state index in [1.807, 2.05) is 6.92 Å². The SMILES string of the molecule is CO[C@@H](C)C[C@H](CN)CC(=O)O. The Morgan fingerprint density at radius 2 is 2.25 bits per heavy atom. The van der Waals surface area contributed by atoms with Gasteiger partial charge in [-0.25, -0.2) is 0 Å². The molecular formula is C8H17NO3. The van der Waals surface area contributed by atoms with Crippen LogP contribution in [0.25, 0.3) is 0 Å². The van der Waals surface area contributed by atoms with Gasteiger partial charge in [0, 0.05) is 13.5 Å². The van der Waals surface area contributed by atoms with E-state index in [4.69, 9.17) is 15.6 Å². The maximum Gasteiger partial charge on any atom is 0.303 e. The fourth-order valence-corrected chi connectivity index (χ4v) is 1.08. The lowest BCUT2D eigenvalue weighted by Gasteiger charge is -2.16. The Hall–Kier alpha value is -0.610. The molecule has 0 amide bonds. The molecule has 3 N–H and O–H groups in total. The quantitative estimate of drug-likeness (QED) is 0.615. The van der Waals surface area contributed by atoms with Crippen molar-refractivity contribution >= 4 is 5.97 Å². The Bertz CT molecular complexity index is 138. The van der Waals surface area contributed by atoms with Gasteiger partial charge in [0.1, 0.15) is 0 Å². The average molecular weight is 175 g/mol. The molecule has 0 aromatic heterocycles. The highest BCUT2D eigenvalue weighted by molar-refractivity contribution is 5.67. The largest absolute Gasteiger partial charge is 0.481 e. The summed E-state index contributed by atoms with van der Waals surface area (Å²) < 4.78 is 5.02. The molecule has 0 heterocycles. The lowest BCUT2D eigenvalue weighted by Crippen LogP contribution is -2.22. The molecule has 2 atom stereocenters. The van der Waals surface area contributed by atoms with Crippen molar-refractivity contribution in [3.05, 3.63) is 0 Å². The number of aliphatic carboxylic acids is 1. The molecule has 72 valence electrons. The van der Waals surface area contributed by atoms with E-state index in [0.29, 0.717) is 13.0 Å². The second kappa shape index (κ2) is 5.97. The molecule has 0 rings (SSSR count). The van der Waals surface area contributed by atoms with Gasteiger partial charge in [-0.2, -0.15) is 0 Å². The molecule has 0 spiro atoms. The Labute approximate surface area is 72.7 Å². The molecule has 4 heteroatoms. The number of nitrogens with two attached hydrogens (primary N) is 1. The summed E-state index contributed by atoms with van der Waals surface area (Å²) in [5, 5.41) is 8.50. The molecule has 0 aliphatic carbocycles. The summed E-state index contributed by atoms with van der Waals surface area (Å²) in [5.74, 6) is -0.772. The first-order valence-electron chi connectivity index (χ1n) is 4.04. The highest BCUT2D eigenvalue weighted by atomic mass is 16.5. The first kappa shape index (κ1) is 11.4. The van der Waals surface area contributed by atoms with Gasteiger partial charge in [-0.1, -0.05) is 0 Å². The normalized spacial score (nSPS) is 15.6. The van der Waals surface area contributed by atoms with Crippen LogP contribution in [-0.2, 0) is 9.53 Å². The molecule has 0 unspecified atom stereocenters. The van der Waals surface area contributed by atoms with Crippen molar-refractivity contribution in [3.8, 4) is 0 Å². The van der Waals surface area contributed by atoms with Crippen LogP contribution in [0.4, 0.5) is 0 Å². The van der Waals surface area contributed by atoms with Crippen molar-refractivity contribution in [2.24, 2.45) is 11.7 Å². The predicted octanol–water partition coefficient (Wildman–Crippen LogP) is 0.461. The van der Waals surface area contributed by atoms with Crippen molar-refractivity contribution in [1.29, 1.82) is 0 Å². The van der Waals surface area contributed by atoms with Crippen LogP contribution < -0.4 is 5.73 Å². The topological polar surface area (TPSA) is 72.5 Å². The van der Waals surface area contributed by atoms with Crippen LogP contribution in [0, 0.1) is 5.92 Å². The molecule has 0 aromatic rings. The number of methoxy groups -OCH3 is 1. The van der Waals surface area contributed by atoms with E-state index >= 15 is 0 Å². The zero-order valence-corrected chi connectivity index (χ0v) is 7.62. The van der Waals surface area contributed by atoms with Gasteiger partial charge in [0.2, 0.25) is 0 Å². The Kier molecular flexibility index (Phi) is 5.66. The van der Waals surface area contributed by atoms with Gasteiger partial charge in [0.25, 0.3) is 0 Å². The maximum absolute atomic E-state index is 10.3. The van der Waals surface area contributed by atoms with Crippen molar-refractivity contribution in [2.75, 3.05) is 13.7 Å². The van der Waals surface area contributed by atoms with Crippen LogP contribution in [0.5, 0.6) is 0 Å². The molecule has 0 aliphatic rings. The second-order valence-corrected chi connectivity index (χ2v) is 2.98. The molecule has 4 nitrogen and oxygen atoms in total. The Balaban J connectivity index is 3.74.